The smallest absolute Gasteiger partial charge is 0.306 e. The minimum absolute atomic E-state index is 0.0780. The maximum Gasteiger partial charge on any atom is 0.306 e. The number of allylic oxidation sites excluding steroid dienone is 2. The normalized spacial score (nSPS) is 28.0. The third kappa shape index (κ3) is 2.83. The minimum atomic E-state index is -0.602. The van der Waals surface area contributed by atoms with E-state index in [1.165, 1.54) is 31.3 Å². The van der Waals surface area contributed by atoms with Gasteiger partial charge in [0.1, 0.15) is 0 Å². The van der Waals surface area contributed by atoms with Gasteiger partial charge in [-0.25, -0.2) is 0 Å². The van der Waals surface area contributed by atoms with E-state index in [1.807, 2.05) is 0 Å². The van der Waals surface area contributed by atoms with Crippen molar-refractivity contribution in [3.8, 4) is 0 Å². The van der Waals surface area contributed by atoms with Crippen molar-refractivity contribution >= 4 is 5.97 Å². The van der Waals surface area contributed by atoms with Crippen LogP contribution in [0.2, 0.25) is 0 Å². The van der Waals surface area contributed by atoms with Gasteiger partial charge in [-0.1, -0.05) is 24.5 Å². The monoisotopic (exact) mass is 208 g/mol. The predicted molar refractivity (Wildman–Crippen MR) is 59.6 cm³/mol. The molecule has 0 aromatic carbocycles. The zero-order valence-electron chi connectivity index (χ0n) is 9.24. The molecule has 0 amide bonds. The molecular formula is C13H20O2. The highest BCUT2D eigenvalue weighted by Crippen LogP contribution is 2.33. The van der Waals surface area contributed by atoms with Crippen LogP contribution in [-0.2, 0) is 4.79 Å². The number of hydrogen-bond donors (Lipinski definition) is 1. The first-order valence-corrected chi connectivity index (χ1v) is 6.18. The van der Waals surface area contributed by atoms with Gasteiger partial charge in [0, 0.05) is 0 Å². The van der Waals surface area contributed by atoms with Gasteiger partial charge in [-0.15, -0.1) is 0 Å². The molecule has 1 N–H and O–H groups in total. The Morgan fingerprint density at radius 3 is 2.27 bits per heavy atom. The van der Waals surface area contributed by atoms with Crippen LogP contribution in [0.3, 0.4) is 0 Å². The first kappa shape index (κ1) is 10.7. The molecule has 2 saturated carbocycles. The summed E-state index contributed by atoms with van der Waals surface area (Å²) >= 11 is 0. The Bertz CT molecular complexity index is 252. The van der Waals surface area contributed by atoms with E-state index in [-0.39, 0.29) is 5.92 Å². The molecule has 0 spiro atoms. The molecule has 2 aliphatic rings. The number of carboxylic acid groups (broad SMARTS) is 1. The Hall–Kier alpha value is -0.790. The van der Waals surface area contributed by atoms with Crippen molar-refractivity contribution < 1.29 is 9.90 Å². The summed E-state index contributed by atoms with van der Waals surface area (Å²) in [5.74, 6) is 0.127. The Kier molecular flexibility index (Phi) is 3.45. The predicted octanol–water partition coefficient (Wildman–Crippen LogP) is 3.38. The molecule has 2 heteroatoms. The maximum absolute atomic E-state index is 10.8. The highest BCUT2D eigenvalue weighted by atomic mass is 16.4. The molecule has 0 saturated heterocycles. The van der Waals surface area contributed by atoms with Crippen LogP contribution in [0.4, 0.5) is 0 Å². The van der Waals surface area contributed by atoms with Crippen molar-refractivity contribution in [2.24, 2.45) is 11.8 Å². The average Bonchev–Trinajstić information content (AvgIpc) is 2.71. The minimum Gasteiger partial charge on any atom is -0.481 e. The van der Waals surface area contributed by atoms with E-state index in [0.717, 1.165) is 31.6 Å². The van der Waals surface area contributed by atoms with Crippen LogP contribution in [0, 0.1) is 11.8 Å². The molecule has 0 heterocycles. The summed E-state index contributed by atoms with van der Waals surface area (Å²) in [5, 5.41) is 8.89. The van der Waals surface area contributed by atoms with Crippen molar-refractivity contribution in [2.75, 3.05) is 0 Å². The Labute approximate surface area is 91.4 Å². The van der Waals surface area contributed by atoms with Crippen LogP contribution in [0.25, 0.3) is 0 Å². The Morgan fingerprint density at radius 2 is 1.73 bits per heavy atom. The SMILES string of the molecule is O=C(O)C1CCC(=CC2CCCC2)CC1. The van der Waals surface area contributed by atoms with Gasteiger partial charge in [0.05, 0.1) is 5.92 Å². The highest BCUT2D eigenvalue weighted by molar-refractivity contribution is 5.70. The van der Waals surface area contributed by atoms with E-state index in [9.17, 15) is 4.79 Å². The molecule has 0 aliphatic heterocycles. The van der Waals surface area contributed by atoms with Gasteiger partial charge in [-0.3, -0.25) is 4.79 Å². The van der Waals surface area contributed by atoms with E-state index in [1.54, 1.807) is 0 Å². The summed E-state index contributed by atoms with van der Waals surface area (Å²) in [6.07, 6.45) is 11.7. The van der Waals surface area contributed by atoms with Crippen molar-refractivity contribution in [3.63, 3.8) is 0 Å². The van der Waals surface area contributed by atoms with Crippen molar-refractivity contribution in [2.45, 2.75) is 51.4 Å². The number of aliphatic carboxylic acids is 1. The highest BCUT2D eigenvalue weighted by Gasteiger charge is 2.23. The molecule has 2 fully saturated rings. The van der Waals surface area contributed by atoms with Gasteiger partial charge in [-0.05, 0) is 44.4 Å². The molecule has 0 bridgehead atoms. The molecular weight excluding hydrogens is 188 g/mol. The number of rotatable bonds is 2. The zero-order valence-corrected chi connectivity index (χ0v) is 9.24. The van der Waals surface area contributed by atoms with E-state index >= 15 is 0 Å². The second-order valence-electron chi connectivity index (χ2n) is 4.98. The molecule has 2 nitrogen and oxygen atoms in total. The fourth-order valence-electron chi connectivity index (χ4n) is 2.86. The molecule has 84 valence electrons. The molecule has 0 atom stereocenters. The summed E-state index contributed by atoms with van der Waals surface area (Å²) in [4.78, 5) is 10.8. The Morgan fingerprint density at radius 1 is 1.13 bits per heavy atom. The topological polar surface area (TPSA) is 37.3 Å². The van der Waals surface area contributed by atoms with Crippen LogP contribution < -0.4 is 0 Å². The average molecular weight is 208 g/mol. The van der Waals surface area contributed by atoms with Crippen LogP contribution in [0.5, 0.6) is 0 Å². The summed E-state index contributed by atoms with van der Waals surface area (Å²) < 4.78 is 0. The van der Waals surface area contributed by atoms with Crippen molar-refractivity contribution in [3.05, 3.63) is 11.6 Å². The third-order valence-electron chi connectivity index (χ3n) is 3.85. The number of hydrogen-bond acceptors (Lipinski definition) is 1. The van der Waals surface area contributed by atoms with Gasteiger partial charge in [0.25, 0.3) is 0 Å². The van der Waals surface area contributed by atoms with E-state index in [0.29, 0.717) is 0 Å². The van der Waals surface area contributed by atoms with Crippen molar-refractivity contribution in [1.82, 2.24) is 0 Å². The van der Waals surface area contributed by atoms with E-state index < -0.39 is 5.97 Å². The zero-order chi connectivity index (χ0) is 10.7. The van der Waals surface area contributed by atoms with Crippen LogP contribution in [0.1, 0.15) is 51.4 Å². The molecule has 0 unspecified atom stereocenters. The van der Waals surface area contributed by atoms with Crippen LogP contribution >= 0.6 is 0 Å². The molecule has 2 rings (SSSR count). The summed E-state index contributed by atoms with van der Waals surface area (Å²) in [5.41, 5.74) is 1.53. The van der Waals surface area contributed by atoms with Crippen molar-refractivity contribution in [1.29, 1.82) is 0 Å². The summed E-state index contributed by atoms with van der Waals surface area (Å²) in [6, 6.07) is 0. The van der Waals surface area contributed by atoms with Gasteiger partial charge >= 0.3 is 5.97 Å². The number of carbonyl (C=O) groups is 1. The molecule has 0 aromatic rings. The quantitative estimate of drug-likeness (QED) is 0.706. The largest absolute Gasteiger partial charge is 0.481 e. The third-order valence-corrected chi connectivity index (χ3v) is 3.85. The van der Waals surface area contributed by atoms with Gasteiger partial charge in [0.15, 0.2) is 0 Å². The summed E-state index contributed by atoms with van der Waals surface area (Å²) in [7, 11) is 0. The fourth-order valence-corrected chi connectivity index (χ4v) is 2.86. The summed E-state index contributed by atoms with van der Waals surface area (Å²) in [6.45, 7) is 0. The maximum atomic E-state index is 10.8. The number of carboxylic acids is 1. The molecule has 2 aliphatic carbocycles. The lowest BCUT2D eigenvalue weighted by Crippen LogP contribution is -2.17. The Balaban J connectivity index is 1.84. The van der Waals surface area contributed by atoms with E-state index in [4.69, 9.17) is 5.11 Å². The van der Waals surface area contributed by atoms with Crippen LogP contribution in [-0.4, -0.2) is 11.1 Å². The second-order valence-corrected chi connectivity index (χ2v) is 4.98. The van der Waals surface area contributed by atoms with Gasteiger partial charge < -0.3 is 5.11 Å². The van der Waals surface area contributed by atoms with Crippen LogP contribution in [0.15, 0.2) is 11.6 Å². The molecule has 15 heavy (non-hydrogen) atoms. The molecule has 0 radical (unpaired) electrons. The van der Waals surface area contributed by atoms with Gasteiger partial charge in [0.2, 0.25) is 0 Å². The lowest BCUT2D eigenvalue weighted by atomic mass is 9.84. The first-order valence-electron chi connectivity index (χ1n) is 6.18. The van der Waals surface area contributed by atoms with E-state index in [2.05, 4.69) is 6.08 Å². The second kappa shape index (κ2) is 4.82. The lowest BCUT2D eigenvalue weighted by Gasteiger charge is -2.21. The molecule has 0 aromatic heterocycles. The van der Waals surface area contributed by atoms with Gasteiger partial charge in [-0.2, -0.15) is 0 Å². The lowest BCUT2D eigenvalue weighted by molar-refractivity contribution is -0.142. The fraction of sp³-hybridized carbons (Fsp3) is 0.769. The first-order chi connectivity index (χ1) is 7.25. The standard InChI is InChI=1S/C13H20O2/c14-13(15)12-7-5-11(6-8-12)9-10-3-1-2-4-10/h9-10,12H,1-8H2,(H,14,15).